The normalized spacial score (nSPS) is 10.2. The molecule has 0 aromatic heterocycles. The molecule has 0 fully saturated rings. The van der Waals surface area contributed by atoms with Crippen LogP contribution in [0, 0.1) is 21.4 Å². The van der Waals surface area contributed by atoms with E-state index in [4.69, 9.17) is 10.00 Å². The van der Waals surface area contributed by atoms with Crippen LogP contribution in [0.1, 0.15) is 11.1 Å². The van der Waals surface area contributed by atoms with Crippen LogP contribution < -0.4 is 14.8 Å². The van der Waals surface area contributed by atoms with Crippen LogP contribution in [-0.4, -0.2) is 18.6 Å². The van der Waals surface area contributed by atoms with Crippen LogP contribution in [0.5, 0.6) is 11.5 Å². The van der Waals surface area contributed by atoms with E-state index < -0.39 is 11.5 Å². The van der Waals surface area contributed by atoms with Crippen LogP contribution in [0.15, 0.2) is 36.4 Å². The molecule has 0 atom stereocenters. The molecule has 2 aromatic carbocycles. The zero-order valence-electron chi connectivity index (χ0n) is 13.0. The first-order valence-corrected chi connectivity index (χ1v) is 6.98. The van der Waals surface area contributed by atoms with E-state index in [0.29, 0.717) is 11.3 Å². The molecule has 9 heteroatoms. The first-order valence-electron chi connectivity index (χ1n) is 6.98. The lowest BCUT2D eigenvalue weighted by Gasteiger charge is -2.12. The Kier molecular flexibility index (Phi) is 5.68. The summed E-state index contributed by atoms with van der Waals surface area (Å²) in [5, 5.41) is 22.8. The van der Waals surface area contributed by atoms with Crippen molar-refractivity contribution in [1.29, 1.82) is 5.26 Å². The van der Waals surface area contributed by atoms with Crippen molar-refractivity contribution in [2.45, 2.75) is 13.2 Å². The number of anilines is 1. The van der Waals surface area contributed by atoms with Gasteiger partial charge in [0.15, 0.2) is 11.5 Å². The van der Waals surface area contributed by atoms with Gasteiger partial charge in [-0.15, -0.1) is 0 Å². The molecule has 0 aliphatic heterocycles. The van der Waals surface area contributed by atoms with Gasteiger partial charge in [-0.3, -0.25) is 10.1 Å². The summed E-state index contributed by atoms with van der Waals surface area (Å²) in [6, 6.07) is 10.2. The molecule has 0 saturated heterocycles. The van der Waals surface area contributed by atoms with E-state index in [1.165, 1.54) is 37.4 Å². The Balaban J connectivity index is 2.16. The van der Waals surface area contributed by atoms with Crippen LogP contribution in [0.3, 0.4) is 0 Å². The van der Waals surface area contributed by atoms with Crippen molar-refractivity contribution in [3.63, 3.8) is 0 Å². The third-order valence-electron chi connectivity index (χ3n) is 3.26. The summed E-state index contributed by atoms with van der Waals surface area (Å²) < 4.78 is 34.0. The van der Waals surface area contributed by atoms with Gasteiger partial charge in [-0.25, -0.2) is 0 Å². The number of ether oxygens (including phenoxy) is 2. The molecule has 2 rings (SSSR count). The Morgan fingerprint density at radius 1 is 1.28 bits per heavy atom. The van der Waals surface area contributed by atoms with Crippen LogP contribution in [-0.2, 0) is 6.54 Å². The molecule has 0 heterocycles. The Hall–Kier alpha value is -3.41. The fourth-order valence-electron chi connectivity index (χ4n) is 2.11. The molecule has 0 aliphatic carbocycles. The van der Waals surface area contributed by atoms with Gasteiger partial charge in [0.1, 0.15) is 6.07 Å². The molecule has 0 radical (unpaired) electrons. The number of halogens is 2. The number of benzene rings is 2. The Labute approximate surface area is 141 Å². The van der Waals surface area contributed by atoms with Crippen LogP contribution in [0.25, 0.3) is 0 Å². The molecule has 0 unspecified atom stereocenters. The molecular weight excluding hydrogens is 336 g/mol. The molecule has 7 nitrogen and oxygen atoms in total. The number of nitriles is 1. The van der Waals surface area contributed by atoms with Crippen molar-refractivity contribution in [1.82, 2.24) is 0 Å². The van der Waals surface area contributed by atoms with Crippen LogP contribution in [0.2, 0.25) is 0 Å². The van der Waals surface area contributed by atoms with Crippen molar-refractivity contribution >= 4 is 11.4 Å². The number of nitro benzene ring substituents is 1. The number of nitrogens with zero attached hydrogens (tertiary/aromatic N) is 2. The van der Waals surface area contributed by atoms with E-state index in [1.54, 1.807) is 6.07 Å². The summed E-state index contributed by atoms with van der Waals surface area (Å²) in [5.41, 5.74) is 1.04. The molecule has 130 valence electrons. The highest BCUT2D eigenvalue weighted by atomic mass is 19.3. The van der Waals surface area contributed by atoms with Gasteiger partial charge in [-0.2, -0.15) is 14.0 Å². The van der Waals surface area contributed by atoms with Gasteiger partial charge in [0.2, 0.25) is 0 Å². The second-order valence-corrected chi connectivity index (χ2v) is 4.82. The second-order valence-electron chi connectivity index (χ2n) is 4.82. The number of alkyl halides is 2. The third-order valence-corrected chi connectivity index (χ3v) is 3.26. The fourth-order valence-corrected chi connectivity index (χ4v) is 2.11. The summed E-state index contributed by atoms with van der Waals surface area (Å²) in [6.07, 6.45) is 0. The Bertz CT molecular complexity index is 822. The molecular formula is C16H13F2N3O4. The number of non-ortho nitro benzene ring substituents is 1. The topological polar surface area (TPSA) is 97.4 Å². The molecule has 0 bridgehead atoms. The van der Waals surface area contributed by atoms with Crippen LogP contribution in [0.4, 0.5) is 20.2 Å². The van der Waals surface area contributed by atoms with Crippen molar-refractivity contribution in [2.75, 3.05) is 12.4 Å². The van der Waals surface area contributed by atoms with Gasteiger partial charge in [0.05, 0.1) is 23.3 Å². The maximum absolute atomic E-state index is 12.3. The van der Waals surface area contributed by atoms with E-state index in [1.807, 2.05) is 6.07 Å². The predicted molar refractivity (Wildman–Crippen MR) is 84.8 cm³/mol. The molecule has 0 aliphatic rings. The highest BCUT2D eigenvalue weighted by molar-refractivity contribution is 5.61. The molecule has 0 spiro atoms. The summed E-state index contributed by atoms with van der Waals surface area (Å²) >= 11 is 0. The van der Waals surface area contributed by atoms with E-state index in [2.05, 4.69) is 10.1 Å². The van der Waals surface area contributed by atoms with Crippen LogP contribution >= 0.6 is 0 Å². The van der Waals surface area contributed by atoms with Crippen molar-refractivity contribution in [3.05, 3.63) is 57.6 Å². The smallest absolute Gasteiger partial charge is 0.387 e. The fraction of sp³-hybridized carbons (Fsp3) is 0.188. The van der Waals surface area contributed by atoms with Gasteiger partial charge < -0.3 is 14.8 Å². The largest absolute Gasteiger partial charge is 0.493 e. The van der Waals surface area contributed by atoms with Gasteiger partial charge in [0, 0.05) is 18.7 Å². The highest BCUT2D eigenvalue weighted by Crippen LogP contribution is 2.30. The summed E-state index contributed by atoms with van der Waals surface area (Å²) in [7, 11) is 1.33. The monoisotopic (exact) mass is 349 g/mol. The van der Waals surface area contributed by atoms with E-state index in [9.17, 15) is 18.9 Å². The first-order chi connectivity index (χ1) is 11.9. The summed E-state index contributed by atoms with van der Waals surface area (Å²) in [6.45, 7) is -2.71. The lowest BCUT2D eigenvalue weighted by molar-refractivity contribution is -0.384. The zero-order chi connectivity index (χ0) is 18.4. The van der Waals surface area contributed by atoms with Crippen molar-refractivity contribution in [2.24, 2.45) is 0 Å². The minimum Gasteiger partial charge on any atom is -0.493 e. The Morgan fingerprint density at radius 3 is 2.64 bits per heavy atom. The minimum atomic E-state index is -2.96. The predicted octanol–water partition coefficient (Wildman–Crippen LogP) is 3.69. The number of nitrogens with one attached hydrogen (secondary N) is 1. The number of nitro groups is 1. The van der Waals surface area contributed by atoms with Gasteiger partial charge in [0.25, 0.3) is 5.69 Å². The summed E-state index contributed by atoms with van der Waals surface area (Å²) in [5.74, 6) is 0.0538. The summed E-state index contributed by atoms with van der Waals surface area (Å²) in [4.78, 5) is 10.1. The SMILES string of the molecule is COc1cc(CNc2ccc([N+](=O)[O-])cc2C#N)ccc1OC(F)F. The number of rotatable bonds is 7. The molecule has 25 heavy (non-hydrogen) atoms. The van der Waals surface area contributed by atoms with Crippen molar-refractivity contribution in [3.8, 4) is 17.6 Å². The first kappa shape index (κ1) is 17.9. The highest BCUT2D eigenvalue weighted by Gasteiger charge is 2.13. The lowest BCUT2D eigenvalue weighted by Crippen LogP contribution is -2.05. The third kappa shape index (κ3) is 4.54. The average Bonchev–Trinajstić information content (AvgIpc) is 2.60. The molecule has 2 aromatic rings. The Morgan fingerprint density at radius 2 is 2.04 bits per heavy atom. The maximum atomic E-state index is 12.3. The van der Waals surface area contributed by atoms with E-state index >= 15 is 0 Å². The van der Waals surface area contributed by atoms with E-state index in [-0.39, 0.29) is 29.3 Å². The number of methoxy groups -OCH3 is 1. The molecule has 0 saturated carbocycles. The van der Waals surface area contributed by atoms with E-state index in [0.717, 1.165) is 0 Å². The standard InChI is InChI=1S/C16H13F2N3O4/c1-24-15-6-10(2-5-14(15)25-16(17)18)9-20-13-4-3-12(21(22)23)7-11(13)8-19/h2-7,16,20H,9H2,1H3. The zero-order valence-corrected chi connectivity index (χ0v) is 13.0. The number of hydrogen-bond donors (Lipinski definition) is 1. The second kappa shape index (κ2) is 7.92. The molecule has 0 amide bonds. The van der Waals surface area contributed by atoms with Crippen molar-refractivity contribution < 1.29 is 23.2 Å². The number of hydrogen-bond acceptors (Lipinski definition) is 6. The van der Waals surface area contributed by atoms with Gasteiger partial charge >= 0.3 is 6.61 Å². The molecule has 1 N–H and O–H groups in total. The average molecular weight is 349 g/mol. The van der Waals surface area contributed by atoms with Gasteiger partial charge in [-0.05, 0) is 23.8 Å². The maximum Gasteiger partial charge on any atom is 0.387 e. The minimum absolute atomic E-state index is 0.0886. The van der Waals surface area contributed by atoms with Gasteiger partial charge in [-0.1, -0.05) is 6.07 Å². The quantitative estimate of drug-likeness (QED) is 0.605. The lowest BCUT2D eigenvalue weighted by atomic mass is 10.1.